The minimum absolute atomic E-state index is 0. The van der Waals surface area contributed by atoms with Crippen molar-refractivity contribution in [2.45, 2.75) is 25.0 Å². The number of amides is 1. The third-order valence-corrected chi connectivity index (χ3v) is 3.34. The first-order valence-corrected chi connectivity index (χ1v) is 6.81. The van der Waals surface area contributed by atoms with Crippen LogP contribution in [0.4, 0.5) is 0 Å². The molecule has 1 aromatic heterocycles. The van der Waals surface area contributed by atoms with Gasteiger partial charge in [-0.05, 0) is 6.07 Å². The third kappa shape index (κ3) is 5.96. The Morgan fingerprint density at radius 1 is 1.41 bits per heavy atom. The van der Waals surface area contributed by atoms with Crippen molar-refractivity contribution in [3.63, 3.8) is 0 Å². The molecule has 0 spiro atoms. The molecule has 1 aliphatic rings. The van der Waals surface area contributed by atoms with E-state index in [0.29, 0.717) is 19.0 Å². The van der Waals surface area contributed by atoms with Gasteiger partial charge >= 0.3 is 0 Å². The molecule has 0 saturated carbocycles. The zero-order chi connectivity index (χ0) is 14.4. The van der Waals surface area contributed by atoms with Crippen LogP contribution in [0.25, 0.3) is 0 Å². The van der Waals surface area contributed by atoms with Crippen LogP contribution in [-0.4, -0.2) is 54.7 Å². The summed E-state index contributed by atoms with van der Waals surface area (Å²) in [4.78, 5) is 17.9. The van der Waals surface area contributed by atoms with Gasteiger partial charge in [0, 0.05) is 45.3 Å². The van der Waals surface area contributed by atoms with Gasteiger partial charge < -0.3 is 20.1 Å². The molecule has 1 saturated heterocycles. The second-order valence-electron chi connectivity index (χ2n) is 4.87. The molecule has 22 heavy (non-hydrogen) atoms. The number of likely N-dealkylation sites (tertiary alicyclic amines) is 1. The van der Waals surface area contributed by atoms with Gasteiger partial charge in [0.25, 0.3) is 0 Å². The lowest BCUT2D eigenvalue weighted by molar-refractivity contribution is -0.135. The van der Waals surface area contributed by atoms with Gasteiger partial charge in [0.2, 0.25) is 11.8 Å². The van der Waals surface area contributed by atoms with Crippen LogP contribution in [0.2, 0.25) is 0 Å². The maximum atomic E-state index is 12.0. The highest BCUT2D eigenvalue weighted by Gasteiger charge is 2.27. The fourth-order valence-corrected chi connectivity index (χ4v) is 2.27. The van der Waals surface area contributed by atoms with Gasteiger partial charge in [0.05, 0.1) is 6.61 Å². The van der Waals surface area contributed by atoms with Crippen LogP contribution in [0.15, 0.2) is 24.4 Å². The Hall–Kier alpha value is -1.08. The fraction of sp³-hybridized carbons (Fsp3) is 0.571. The zero-order valence-electron chi connectivity index (χ0n) is 12.5. The molecule has 0 radical (unpaired) electrons. The van der Waals surface area contributed by atoms with Crippen LogP contribution >= 0.6 is 24.8 Å². The van der Waals surface area contributed by atoms with Crippen molar-refractivity contribution in [2.24, 2.45) is 5.73 Å². The van der Waals surface area contributed by atoms with E-state index in [1.807, 2.05) is 18.2 Å². The van der Waals surface area contributed by atoms with Crippen LogP contribution in [0.5, 0.6) is 5.88 Å². The Kier molecular flexibility index (Phi) is 10.1. The van der Waals surface area contributed by atoms with Gasteiger partial charge in [0.1, 0.15) is 12.1 Å². The molecule has 1 atom stereocenters. The van der Waals surface area contributed by atoms with E-state index in [2.05, 4.69) is 4.98 Å². The molecular weight excluding hydrogens is 329 g/mol. The highest BCUT2D eigenvalue weighted by molar-refractivity contribution is 5.85. The fourth-order valence-electron chi connectivity index (χ4n) is 2.27. The topological polar surface area (TPSA) is 77.7 Å². The van der Waals surface area contributed by atoms with Crippen LogP contribution < -0.4 is 10.5 Å². The quantitative estimate of drug-likeness (QED) is 0.864. The molecule has 1 unspecified atom stereocenters. The van der Waals surface area contributed by atoms with E-state index >= 15 is 0 Å². The highest BCUT2D eigenvalue weighted by atomic mass is 35.5. The van der Waals surface area contributed by atoms with Crippen molar-refractivity contribution >= 4 is 30.7 Å². The number of halogens is 2. The summed E-state index contributed by atoms with van der Waals surface area (Å²) in [5, 5.41) is 0. The number of nitrogens with zero attached hydrogens (tertiary/aromatic N) is 2. The van der Waals surface area contributed by atoms with Gasteiger partial charge in [-0.15, -0.1) is 24.8 Å². The van der Waals surface area contributed by atoms with E-state index in [1.165, 1.54) is 0 Å². The minimum Gasteiger partial charge on any atom is -0.474 e. The zero-order valence-corrected chi connectivity index (χ0v) is 14.1. The highest BCUT2D eigenvalue weighted by Crippen LogP contribution is 2.17. The number of ether oxygens (including phenoxy) is 2. The largest absolute Gasteiger partial charge is 0.474 e. The second-order valence-corrected chi connectivity index (χ2v) is 4.87. The van der Waals surface area contributed by atoms with Gasteiger partial charge in [-0.3, -0.25) is 4.79 Å². The van der Waals surface area contributed by atoms with Gasteiger partial charge in [-0.25, -0.2) is 4.98 Å². The number of aromatic nitrogens is 1. The molecule has 0 bridgehead atoms. The summed E-state index contributed by atoms with van der Waals surface area (Å²) in [6, 6.07) is 5.01. The smallest absolute Gasteiger partial charge is 0.241 e. The summed E-state index contributed by atoms with van der Waals surface area (Å²) < 4.78 is 10.7. The van der Waals surface area contributed by atoms with Crippen molar-refractivity contribution in [1.29, 1.82) is 0 Å². The van der Waals surface area contributed by atoms with Gasteiger partial charge in [0.15, 0.2) is 0 Å². The molecule has 2 rings (SSSR count). The van der Waals surface area contributed by atoms with Gasteiger partial charge in [-0.1, -0.05) is 6.07 Å². The van der Waals surface area contributed by atoms with Crippen LogP contribution in [-0.2, 0) is 9.53 Å². The molecule has 1 aromatic rings. The minimum atomic E-state index is -0.576. The monoisotopic (exact) mass is 351 g/mol. The molecule has 6 nitrogen and oxygen atoms in total. The first-order valence-electron chi connectivity index (χ1n) is 6.81. The van der Waals surface area contributed by atoms with E-state index in [-0.39, 0.29) is 43.4 Å². The summed E-state index contributed by atoms with van der Waals surface area (Å²) in [5.74, 6) is 0.580. The number of pyridine rings is 1. The molecule has 2 heterocycles. The molecule has 0 aromatic carbocycles. The number of methoxy groups -OCH3 is 1. The molecule has 1 aliphatic heterocycles. The van der Waals surface area contributed by atoms with Crippen LogP contribution in [0, 0.1) is 0 Å². The third-order valence-electron chi connectivity index (χ3n) is 3.34. The van der Waals surface area contributed by atoms with E-state index in [0.717, 1.165) is 12.8 Å². The standard InChI is InChI=1S/C14H21N3O3.2ClH/c1-19-10-12(15)14(18)17-8-5-11(6-9-17)20-13-4-2-3-7-16-13;;/h2-4,7,11-12H,5-6,8-10,15H2,1H3;2*1H. The van der Waals surface area contributed by atoms with Crippen molar-refractivity contribution < 1.29 is 14.3 Å². The Balaban J connectivity index is 0.00000220. The summed E-state index contributed by atoms with van der Waals surface area (Å²) >= 11 is 0. The first kappa shape index (κ1) is 20.9. The Labute approximate surface area is 143 Å². The molecule has 2 N–H and O–H groups in total. The van der Waals surface area contributed by atoms with E-state index in [1.54, 1.807) is 18.2 Å². The number of hydrogen-bond donors (Lipinski definition) is 1. The molecule has 1 fully saturated rings. The van der Waals surface area contributed by atoms with Crippen molar-refractivity contribution in [2.75, 3.05) is 26.8 Å². The Bertz CT molecular complexity index is 429. The predicted molar refractivity (Wildman–Crippen MR) is 88.8 cm³/mol. The number of carbonyl (C=O) groups is 1. The average molecular weight is 352 g/mol. The van der Waals surface area contributed by atoms with E-state index in [4.69, 9.17) is 15.2 Å². The summed E-state index contributed by atoms with van der Waals surface area (Å²) in [6.07, 6.45) is 3.40. The second kappa shape index (κ2) is 10.6. The first-order chi connectivity index (χ1) is 9.70. The summed E-state index contributed by atoms with van der Waals surface area (Å²) in [6.45, 7) is 1.57. The normalized spacial score (nSPS) is 16.2. The SMILES string of the molecule is COCC(N)C(=O)N1CCC(Oc2ccccn2)CC1.Cl.Cl. The Morgan fingerprint density at radius 2 is 2.09 bits per heavy atom. The number of piperidine rings is 1. The number of carbonyl (C=O) groups excluding carboxylic acids is 1. The lowest BCUT2D eigenvalue weighted by Gasteiger charge is -2.33. The van der Waals surface area contributed by atoms with Crippen molar-refractivity contribution in [1.82, 2.24) is 9.88 Å². The number of hydrogen-bond acceptors (Lipinski definition) is 5. The van der Waals surface area contributed by atoms with Crippen molar-refractivity contribution in [3.05, 3.63) is 24.4 Å². The molecular formula is C14H23Cl2N3O3. The lowest BCUT2D eigenvalue weighted by Crippen LogP contribution is -2.50. The van der Waals surface area contributed by atoms with E-state index < -0.39 is 6.04 Å². The summed E-state index contributed by atoms with van der Waals surface area (Å²) in [5.41, 5.74) is 5.76. The molecule has 0 aliphatic carbocycles. The number of nitrogens with two attached hydrogens (primary N) is 1. The predicted octanol–water partition coefficient (Wildman–Crippen LogP) is 1.27. The molecule has 1 amide bonds. The van der Waals surface area contributed by atoms with Crippen LogP contribution in [0.1, 0.15) is 12.8 Å². The van der Waals surface area contributed by atoms with Crippen LogP contribution in [0.3, 0.4) is 0 Å². The average Bonchev–Trinajstić information content (AvgIpc) is 2.48. The maximum absolute atomic E-state index is 12.0. The number of rotatable bonds is 5. The lowest BCUT2D eigenvalue weighted by atomic mass is 10.1. The maximum Gasteiger partial charge on any atom is 0.241 e. The molecule has 8 heteroatoms. The van der Waals surface area contributed by atoms with E-state index in [9.17, 15) is 4.79 Å². The van der Waals surface area contributed by atoms with Crippen molar-refractivity contribution in [3.8, 4) is 5.88 Å². The Morgan fingerprint density at radius 3 is 2.64 bits per heavy atom. The summed E-state index contributed by atoms with van der Waals surface area (Å²) in [7, 11) is 1.54. The molecule has 126 valence electrons. The van der Waals surface area contributed by atoms with Gasteiger partial charge in [-0.2, -0.15) is 0 Å².